The minimum absolute atomic E-state index is 0.0375. The molecule has 188 valence electrons. The normalized spacial score (nSPS) is 12.2. The second-order valence-electron chi connectivity index (χ2n) is 9.22. The molecule has 0 aliphatic carbocycles. The van der Waals surface area contributed by atoms with Gasteiger partial charge in [-0.25, -0.2) is 4.98 Å². The van der Waals surface area contributed by atoms with Crippen molar-refractivity contribution in [3.05, 3.63) is 93.8 Å². The van der Waals surface area contributed by atoms with Crippen molar-refractivity contribution in [3.63, 3.8) is 0 Å². The van der Waals surface area contributed by atoms with Gasteiger partial charge in [0.05, 0.1) is 18.7 Å². The van der Waals surface area contributed by atoms with Crippen LogP contribution in [0.1, 0.15) is 27.8 Å². The molecule has 1 N–H and O–H groups in total. The number of pyridine rings is 1. The number of fused-ring (bicyclic) bond motifs is 3. The zero-order valence-corrected chi connectivity index (χ0v) is 22.7. The molecule has 5 rings (SSSR count). The van der Waals surface area contributed by atoms with E-state index in [1.165, 1.54) is 5.56 Å². The number of anilines is 1. The maximum Gasteiger partial charge on any atom is 0.307 e. The van der Waals surface area contributed by atoms with Gasteiger partial charge in [-0.05, 0) is 77.9 Å². The Labute approximate surface area is 226 Å². The van der Waals surface area contributed by atoms with Crippen molar-refractivity contribution in [2.24, 2.45) is 0 Å². The average Bonchev–Trinajstić information content (AvgIpc) is 2.87. The van der Waals surface area contributed by atoms with Gasteiger partial charge in [-0.1, -0.05) is 59.4 Å². The molecule has 4 aromatic rings. The fraction of sp³-hybridized carbons (Fsp3) is 0.200. The summed E-state index contributed by atoms with van der Waals surface area (Å²) in [4.78, 5) is 16.0. The third-order valence-corrected chi connectivity index (χ3v) is 7.79. The van der Waals surface area contributed by atoms with Gasteiger partial charge in [-0.15, -0.1) is 0 Å². The largest absolute Gasteiger partial charge is 0.481 e. The second kappa shape index (κ2) is 10.1. The number of ether oxygens (including phenoxy) is 1. The van der Waals surface area contributed by atoms with Crippen molar-refractivity contribution >= 4 is 35.2 Å². The van der Waals surface area contributed by atoms with Crippen LogP contribution in [0.15, 0.2) is 60.8 Å². The molecule has 3 aromatic carbocycles. The van der Waals surface area contributed by atoms with Gasteiger partial charge in [-0.2, -0.15) is 0 Å². The Balaban J connectivity index is 1.75. The first-order chi connectivity index (χ1) is 17.8. The van der Waals surface area contributed by atoms with Crippen LogP contribution in [0.2, 0.25) is 5.15 Å². The van der Waals surface area contributed by atoms with Crippen molar-refractivity contribution in [3.8, 4) is 33.8 Å². The number of aromatic nitrogens is 1. The van der Waals surface area contributed by atoms with Crippen LogP contribution >= 0.6 is 23.5 Å². The van der Waals surface area contributed by atoms with Gasteiger partial charge in [-0.3, -0.25) is 4.79 Å². The van der Waals surface area contributed by atoms with Crippen molar-refractivity contribution in [1.29, 1.82) is 0 Å². The zero-order chi connectivity index (χ0) is 26.3. The first kappa shape index (κ1) is 25.2. The predicted molar refractivity (Wildman–Crippen MR) is 152 cm³/mol. The number of aliphatic carboxylic acids is 1. The van der Waals surface area contributed by atoms with Gasteiger partial charge in [0.1, 0.15) is 16.7 Å². The molecule has 2 heterocycles. The lowest BCUT2D eigenvalue weighted by atomic mass is 9.81. The maximum atomic E-state index is 12.0. The Hall–Kier alpha value is -3.48. The smallest absolute Gasteiger partial charge is 0.307 e. The lowest BCUT2D eigenvalue weighted by Crippen LogP contribution is -2.22. The number of hydrogen-bond donors (Lipinski definition) is 1. The maximum absolute atomic E-state index is 12.0. The van der Waals surface area contributed by atoms with Gasteiger partial charge in [0.15, 0.2) is 0 Å². The number of benzene rings is 3. The fourth-order valence-corrected chi connectivity index (χ4v) is 5.98. The van der Waals surface area contributed by atoms with Crippen LogP contribution in [0.5, 0.6) is 11.5 Å². The number of hydrogen-bond acceptors (Lipinski definition) is 5. The quantitative estimate of drug-likeness (QED) is 0.201. The highest BCUT2D eigenvalue weighted by Crippen LogP contribution is 2.51. The van der Waals surface area contributed by atoms with Crippen LogP contribution in [0.4, 0.5) is 5.69 Å². The molecule has 0 saturated carbocycles. The van der Waals surface area contributed by atoms with E-state index in [9.17, 15) is 9.90 Å². The van der Waals surface area contributed by atoms with Gasteiger partial charge >= 0.3 is 5.97 Å². The molecule has 0 unspecified atom stereocenters. The summed E-state index contributed by atoms with van der Waals surface area (Å²) < 4.78 is 8.40. The number of aryl methyl sites for hydroxylation is 1. The van der Waals surface area contributed by atoms with Gasteiger partial charge < -0.3 is 14.1 Å². The fourth-order valence-electron chi connectivity index (χ4n) is 5.13. The van der Waals surface area contributed by atoms with E-state index in [0.29, 0.717) is 23.2 Å². The Kier molecular flexibility index (Phi) is 6.88. The van der Waals surface area contributed by atoms with Crippen molar-refractivity contribution in [2.45, 2.75) is 33.7 Å². The molecular weight excluding hydrogens is 504 g/mol. The molecule has 0 atom stereocenters. The van der Waals surface area contributed by atoms with Crippen molar-refractivity contribution in [2.75, 3.05) is 10.6 Å². The number of carboxylic acids is 1. The zero-order valence-electron chi connectivity index (χ0n) is 21.1. The SMILES string of the molecule is CSN1Cc2ccc(Oc3ccnc(Cl)c3)cc2-c2c(C)c(-c3ccc(C)cc3)c(CC(=O)O)c(C)c21. The lowest BCUT2D eigenvalue weighted by molar-refractivity contribution is -0.136. The summed E-state index contributed by atoms with van der Waals surface area (Å²) in [7, 11) is 0. The Bertz CT molecular complexity index is 1520. The van der Waals surface area contributed by atoms with Gasteiger partial charge in [0, 0.05) is 24.1 Å². The Morgan fingerprint density at radius 2 is 1.76 bits per heavy atom. The van der Waals surface area contributed by atoms with Crippen LogP contribution in [0.3, 0.4) is 0 Å². The Morgan fingerprint density at radius 1 is 1.03 bits per heavy atom. The summed E-state index contributed by atoms with van der Waals surface area (Å²) >= 11 is 7.71. The highest BCUT2D eigenvalue weighted by Gasteiger charge is 2.30. The lowest BCUT2D eigenvalue weighted by Gasteiger charge is -2.36. The molecule has 0 bridgehead atoms. The molecular formula is C30H27ClN2O3S. The molecule has 1 aliphatic rings. The van der Waals surface area contributed by atoms with E-state index >= 15 is 0 Å². The van der Waals surface area contributed by atoms with E-state index in [4.69, 9.17) is 16.3 Å². The molecule has 7 heteroatoms. The van der Waals surface area contributed by atoms with E-state index in [2.05, 4.69) is 65.8 Å². The van der Waals surface area contributed by atoms with Crippen LogP contribution in [0.25, 0.3) is 22.3 Å². The van der Waals surface area contributed by atoms with E-state index < -0.39 is 5.97 Å². The number of carboxylic acid groups (broad SMARTS) is 1. The minimum atomic E-state index is -0.838. The molecule has 0 amide bonds. The summed E-state index contributed by atoms with van der Waals surface area (Å²) in [5, 5.41) is 10.2. The summed E-state index contributed by atoms with van der Waals surface area (Å²) in [5.74, 6) is 0.481. The molecule has 0 radical (unpaired) electrons. The molecule has 1 aromatic heterocycles. The molecule has 0 saturated heterocycles. The molecule has 5 nitrogen and oxygen atoms in total. The van der Waals surface area contributed by atoms with Crippen molar-refractivity contribution < 1.29 is 14.6 Å². The van der Waals surface area contributed by atoms with Gasteiger partial charge in [0.2, 0.25) is 0 Å². The van der Waals surface area contributed by atoms with Gasteiger partial charge in [0.25, 0.3) is 0 Å². The van der Waals surface area contributed by atoms with E-state index in [-0.39, 0.29) is 6.42 Å². The third-order valence-electron chi connectivity index (χ3n) is 6.83. The standard InChI is InChI=1S/C30H27ClN2O3S/c1-17-5-7-20(8-6-17)28-19(3)29-25-13-22(36-23-11-12-32-26(31)14-23)10-9-21(25)16-33(37-4)30(29)18(2)24(28)15-27(34)35/h5-14H,15-16H2,1-4H3,(H,34,35). The van der Waals surface area contributed by atoms with Crippen LogP contribution in [0, 0.1) is 20.8 Å². The first-order valence-corrected chi connectivity index (χ1v) is 13.5. The Morgan fingerprint density at radius 3 is 2.43 bits per heavy atom. The molecule has 1 aliphatic heterocycles. The third kappa shape index (κ3) is 4.79. The summed E-state index contributed by atoms with van der Waals surface area (Å²) in [5.41, 5.74) is 10.5. The number of carbonyl (C=O) groups is 1. The number of halogens is 1. The summed E-state index contributed by atoms with van der Waals surface area (Å²) in [6, 6.07) is 17.9. The first-order valence-electron chi connectivity index (χ1n) is 12.0. The number of nitrogens with zero attached hydrogens (tertiary/aromatic N) is 2. The van der Waals surface area contributed by atoms with E-state index in [1.807, 2.05) is 13.0 Å². The molecule has 0 spiro atoms. The van der Waals surface area contributed by atoms with Crippen LogP contribution < -0.4 is 9.04 Å². The second-order valence-corrected chi connectivity index (χ2v) is 10.4. The minimum Gasteiger partial charge on any atom is -0.481 e. The predicted octanol–water partition coefficient (Wildman–Crippen LogP) is 8.01. The average molecular weight is 531 g/mol. The van der Waals surface area contributed by atoms with Crippen LogP contribution in [-0.4, -0.2) is 22.3 Å². The summed E-state index contributed by atoms with van der Waals surface area (Å²) in [6.45, 7) is 6.91. The highest BCUT2D eigenvalue weighted by atomic mass is 35.5. The molecule has 0 fully saturated rings. The van der Waals surface area contributed by atoms with E-state index in [0.717, 1.165) is 50.2 Å². The summed E-state index contributed by atoms with van der Waals surface area (Å²) in [6.07, 6.45) is 3.64. The van der Waals surface area contributed by atoms with E-state index in [1.54, 1.807) is 30.3 Å². The molecule has 37 heavy (non-hydrogen) atoms. The monoisotopic (exact) mass is 530 g/mol. The van der Waals surface area contributed by atoms with Crippen molar-refractivity contribution in [1.82, 2.24) is 4.98 Å². The number of rotatable bonds is 6. The topological polar surface area (TPSA) is 62.7 Å². The highest BCUT2D eigenvalue weighted by molar-refractivity contribution is 7.99. The van der Waals surface area contributed by atoms with Crippen LogP contribution in [-0.2, 0) is 17.8 Å².